The fourth-order valence-electron chi connectivity index (χ4n) is 2.12. The molecule has 0 amide bonds. The number of halogens is 1. The lowest BCUT2D eigenvalue weighted by Gasteiger charge is -2.05. The maximum Gasteiger partial charge on any atom is 0.277 e. The molecule has 0 spiro atoms. The van der Waals surface area contributed by atoms with Crippen LogP contribution in [0.25, 0.3) is 16.9 Å². The second-order valence-corrected chi connectivity index (χ2v) is 4.29. The Bertz CT molecular complexity index is 817. The molecule has 0 saturated heterocycles. The van der Waals surface area contributed by atoms with Crippen molar-refractivity contribution in [3.8, 4) is 5.69 Å². The molecule has 0 atom stereocenters. The summed E-state index contributed by atoms with van der Waals surface area (Å²) < 4.78 is 14.6. The number of aromatic nitrogens is 4. The van der Waals surface area contributed by atoms with E-state index in [9.17, 15) is 9.18 Å². The van der Waals surface area contributed by atoms with Gasteiger partial charge in [-0.2, -0.15) is 0 Å². The zero-order chi connectivity index (χ0) is 13.6. The predicted molar refractivity (Wildman–Crippen MR) is 68.9 cm³/mol. The van der Waals surface area contributed by atoms with Crippen molar-refractivity contribution in [3.63, 3.8) is 0 Å². The Balaban J connectivity index is 2.38. The number of nitrogens with zero attached hydrogens (tertiary/aromatic N) is 3. The molecule has 0 aliphatic rings. The van der Waals surface area contributed by atoms with Crippen LogP contribution in [0, 0.1) is 19.7 Å². The lowest BCUT2D eigenvalue weighted by atomic mass is 10.3. The molecule has 1 aromatic carbocycles. The SMILES string of the molecule is Cc1nc2nc(C)n(-c3ccc(F)cc3)c2c(=O)[nH]1. The molecular formula is C13H11FN4O. The summed E-state index contributed by atoms with van der Waals surface area (Å²) in [5.41, 5.74) is 1.18. The molecule has 0 radical (unpaired) electrons. The third kappa shape index (κ3) is 1.81. The molecule has 2 heterocycles. The zero-order valence-electron chi connectivity index (χ0n) is 10.4. The van der Waals surface area contributed by atoms with Crippen LogP contribution in [-0.4, -0.2) is 19.5 Å². The van der Waals surface area contributed by atoms with Crippen molar-refractivity contribution < 1.29 is 4.39 Å². The van der Waals surface area contributed by atoms with E-state index in [0.717, 1.165) is 0 Å². The van der Waals surface area contributed by atoms with E-state index >= 15 is 0 Å². The summed E-state index contributed by atoms with van der Waals surface area (Å²) in [5, 5.41) is 0. The number of fused-ring (bicyclic) bond motifs is 1. The minimum absolute atomic E-state index is 0.257. The highest BCUT2D eigenvalue weighted by molar-refractivity contribution is 5.73. The van der Waals surface area contributed by atoms with Gasteiger partial charge in [0, 0.05) is 5.69 Å². The van der Waals surface area contributed by atoms with Crippen molar-refractivity contribution >= 4 is 11.2 Å². The van der Waals surface area contributed by atoms with Gasteiger partial charge < -0.3 is 4.98 Å². The minimum atomic E-state index is -0.325. The highest BCUT2D eigenvalue weighted by Gasteiger charge is 2.14. The highest BCUT2D eigenvalue weighted by atomic mass is 19.1. The molecule has 2 aromatic heterocycles. The second-order valence-electron chi connectivity index (χ2n) is 4.29. The molecule has 0 aliphatic heterocycles. The lowest BCUT2D eigenvalue weighted by Crippen LogP contribution is -2.13. The Labute approximate surface area is 107 Å². The summed E-state index contributed by atoms with van der Waals surface area (Å²) in [5.74, 6) is 0.820. The summed E-state index contributed by atoms with van der Waals surface area (Å²) in [6.07, 6.45) is 0. The number of rotatable bonds is 1. The van der Waals surface area contributed by atoms with Crippen molar-refractivity contribution in [3.05, 3.63) is 52.1 Å². The number of hydrogen-bond donors (Lipinski definition) is 1. The van der Waals surface area contributed by atoms with Crippen molar-refractivity contribution in [1.82, 2.24) is 19.5 Å². The predicted octanol–water partition coefficient (Wildman–Crippen LogP) is 1.86. The van der Waals surface area contributed by atoms with Crippen LogP contribution in [0.5, 0.6) is 0 Å². The molecule has 96 valence electrons. The van der Waals surface area contributed by atoms with Crippen LogP contribution in [0.3, 0.4) is 0 Å². The van der Waals surface area contributed by atoms with Crippen LogP contribution >= 0.6 is 0 Å². The summed E-state index contributed by atoms with van der Waals surface area (Å²) in [4.78, 5) is 23.2. The van der Waals surface area contributed by atoms with E-state index in [1.807, 2.05) is 0 Å². The molecule has 6 heteroatoms. The van der Waals surface area contributed by atoms with Gasteiger partial charge in [-0.25, -0.2) is 14.4 Å². The standard InChI is InChI=1S/C13H11FN4O/c1-7-15-12-11(13(19)16-7)18(8(2)17-12)10-5-3-9(14)4-6-10/h3-6H,1-2H3,(H,15,16,19). The first-order chi connectivity index (χ1) is 9.06. The number of benzene rings is 1. The number of aryl methyl sites for hydroxylation is 2. The Hall–Kier alpha value is -2.50. The van der Waals surface area contributed by atoms with Crippen LogP contribution in [0.2, 0.25) is 0 Å². The van der Waals surface area contributed by atoms with Gasteiger partial charge in [0.25, 0.3) is 5.56 Å². The fraction of sp³-hybridized carbons (Fsp3) is 0.154. The Kier molecular flexibility index (Phi) is 2.45. The van der Waals surface area contributed by atoms with Gasteiger partial charge in [0.1, 0.15) is 17.5 Å². The molecular weight excluding hydrogens is 247 g/mol. The number of H-pyrrole nitrogens is 1. The second kappa shape index (κ2) is 4.01. The third-order valence-corrected chi connectivity index (χ3v) is 2.89. The monoisotopic (exact) mass is 258 g/mol. The van der Waals surface area contributed by atoms with Crippen molar-refractivity contribution in [2.24, 2.45) is 0 Å². The van der Waals surface area contributed by atoms with Gasteiger partial charge in [-0.05, 0) is 38.1 Å². The molecule has 0 bridgehead atoms. The number of nitrogens with one attached hydrogen (secondary N) is 1. The van der Waals surface area contributed by atoms with Crippen LogP contribution in [-0.2, 0) is 0 Å². The van der Waals surface area contributed by atoms with E-state index in [2.05, 4.69) is 15.0 Å². The number of aromatic amines is 1. The largest absolute Gasteiger partial charge is 0.309 e. The average molecular weight is 258 g/mol. The average Bonchev–Trinajstić information content (AvgIpc) is 2.66. The van der Waals surface area contributed by atoms with E-state index in [-0.39, 0.29) is 11.4 Å². The quantitative estimate of drug-likeness (QED) is 0.724. The first kappa shape index (κ1) is 11.6. The van der Waals surface area contributed by atoms with E-state index in [4.69, 9.17) is 0 Å². The van der Waals surface area contributed by atoms with Gasteiger partial charge in [-0.1, -0.05) is 0 Å². The van der Waals surface area contributed by atoms with Crippen LogP contribution in [0.1, 0.15) is 11.6 Å². The van der Waals surface area contributed by atoms with Gasteiger partial charge in [0.2, 0.25) is 0 Å². The van der Waals surface area contributed by atoms with Gasteiger partial charge in [-0.15, -0.1) is 0 Å². The molecule has 0 unspecified atom stereocenters. The molecule has 0 aliphatic carbocycles. The minimum Gasteiger partial charge on any atom is -0.309 e. The van der Waals surface area contributed by atoms with E-state index in [1.54, 1.807) is 30.5 Å². The summed E-state index contributed by atoms with van der Waals surface area (Å²) in [6, 6.07) is 5.89. The van der Waals surface area contributed by atoms with Gasteiger partial charge in [-0.3, -0.25) is 9.36 Å². The molecule has 5 nitrogen and oxygen atoms in total. The van der Waals surface area contributed by atoms with Crippen LogP contribution in [0.15, 0.2) is 29.1 Å². The van der Waals surface area contributed by atoms with Gasteiger partial charge in [0.15, 0.2) is 11.2 Å². The molecule has 3 rings (SSSR count). The van der Waals surface area contributed by atoms with E-state index < -0.39 is 0 Å². The first-order valence-electron chi connectivity index (χ1n) is 5.78. The van der Waals surface area contributed by atoms with Crippen molar-refractivity contribution in [2.45, 2.75) is 13.8 Å². The Morgan fingerprint density at radius 3 is 2.53 bits per heavy atom. The topological polar surface area (TPSA) is 63.6 Å². The number of hydrogen-bond acceptors (Lipinski definition) is 3. The Morgan fingerprint density at radius 1 is 1.16 bits per heavy atom. The summed E-state index contributed by atoms with van der Waals surface area (Å²) in [6.45, 7) is 3.48. The maximum atomic E-state index is 13.0. The third-order valence-electron chi connectivity index (χ3n) is 2.89. The first-order valence-corrected chi connectivity index (χ1v) is 5.78. The molecule has 0 fully saturated rings. The maximum absolute atomic E-state index is 13.0. The van der Waals surface area contributed by atoms with Crippen LogP contribution < -0.4 is 5.56 Å². The molecule has 0 saturated carbocycles. The summed E-state index contributed by atoms with van der Waals surface area (Å²) in [7, 11) is 0. The summed E-state index contributed by atoms with van der Waals surface area (Å²) >= 11 is 0. The normalized spacial score (nSPS) is 11.1. The number of imidazole rings is 1. The van der Waals surface area contributed by atoms with Crippen molar-refractivity contribution in [1.29, 1.82) is 0 Å². The molecule has 3 aromatic rings. The van der Waals surface area contributed by atoms with Gasteiger partial charge in [0.05, 0.1) is 0 Å². The highest BCUT2D eigenvalue weighted by Crippen LogP contribution is 2.17. The van der Waals surface area contributed by atoms with Gasteiger partial charge >= 0.3 is 0 Å². The zero-order valence-corrected chi connectivity index (χ0v) is 10.4. The van der Waals surface area contributed by atoms with Crippen LogP contribution in [0.4, 0.5) is 4.39 Å². The molecule has 1 N–H and O–H groups in total. The van der Waals surface area contributed by atoms with E-state index in [0.29, 0.717) is 28.5 Å². The fourth-order valence-corrected chi connectivity index (χ4v) is 2.12. The smallest absolute Gasteiger partial charge is 0.277 e. The van der Waals surface area contributed by atoms with E-state index in [1.165, 1.54) is 12.1 Å². The van der Waals surface area contributed by atoms with Crippen molar-refractivity contribution in [2.75, 3.05) is 0 Å². The molecule has 19 heavy (non-hydrogen) atoms. The Morgan fingerprint density at radius 2 is 1.84 bits per heavy atom. The lowest BCUT2D eigenvalue weighted by molar-refractivity contribution is 0.627.